The molecule has 0 aliphatic heterocycles. The van der Waals surface area contributed by atoms with Crippen molar-refractivity contribution in [3.8, 4) is 5.75 Å². The molecule has 0 saturated carbocycles. The maximum absolute atomic E-state index is 10.7. The van der Waals surface area contributed by atoms with Crippen LogP contribution >= 0.6 is 0 Å². The van der Waals surface area contributed by atoms with Gasteiger partial charge in [-0.2, -0.15) is 0 Å². The van der Waals surface area contributed by atoms with Crippen molar-refractivity contribution in [3.05, 3.63) is 29.8 Å². The summed E-state index contributed by atoms with van der Waals surface area (Å²) >= 11 is 0. The monoisotopic (exact) mass is 250 g/mol. The maximum atomic E-state index is 10.7. The first-order valence-corrected chi connectivity index (χ1v) is 5.92. The lowest BCUT2D eigenvalue weighted by Crippen LogP contribution is -2.12. The molecule has 18 heavy (non-hydrogen) atoms. The number of benzene rings is 1. The third kappa shape index (κ3) is 5.48. The minimum Gasteiger partial charge on any atom is -0.463 e. The molecule has 1 aromatic rings. The molecular formula is C14H18O4. The molecule has 0 saturated heterocycles. The van der Waals surface area contributed by atoms with Crippen LogP contribution in [-0.4, -0.2) is 18.0 Å². The Labute approximate surface area is 107 Å². The van der Waals surface area contributed by atoms with Crippen LogP contribution in [0, 0.1) is 0 Å². The fourth-order valence-electron chi connectivity index (χ4n) is 1.60. The van der Waals surface area contributed by atoms with Crippen LogP contribution in [0.25, 0.3) is 0 Å². The number of aryl methyl sites for hydroxylation is 1. The summed E-state index contributed by atoms with van der Waals surface area (Å²) in [6.07, 6.45) is 1.50. The van der Waals surface area contributed by atoms with Crippen molar-refractivity contribution in [1.29, 1.82) is 0 Å². The second-order valence-corrected chi connectivity index (χ2v) is 4.20. The molecule has 0 amide bonds. The lowest BCUT2D eigenvalue weighted by Gasteiger charge is -2.11. The highest BCUT2D eigenvalue weighted by Crippen LogP contribution is 2.14. The summed E-state index contributed by atoms with van der Waals surface area (Å²) in [4.78, 5) is 21.5. The van der Waals surface area contributed by atoms with Gasteiger partial charge in [0.15, 0.2) is 0 Å². The highest BCUT2D eigenvalue weighted by atomic mass is 16.5. The van der Waals surface area contributed by atoms with Gasteiger partial charge in [-0.3, -0.25) is 9.59 Å². The van der Waals surface area contributed by atoms with Crippen molar-refractivity contribution in [3.63, 3.8) is 0 Å². The molecule has 1 rings (SSSR count). The van der Waals surface area contributed by atoms with Crippen LogP contribution in [0.2, 0.25) is 0 Å². The van der Waals surface area contributed by atoms with Gasteiger partial charge < -0.3 is 9.47 Å². The number of ether oxygens (including phenoxy) is 2. The molecule has 4 nitrogen and oxygen atoms in total. The average Bonchev–Trinajstić information content (AvgIpc) is 2.26. The predicted molar refractivity (Wildman–Crippen MR) is 67.3 cm³/mol. The Morgan fingerprint density at radius 2 is 1.72 bits per heavy atom. The quantitative estimate of drug-likeness (QED) is 0.595. The van der Waals surface area contributed by atoms with E-state index >= 15 is 0 Å². The summed E-state index contributed by atoms with van der Waals surface area (Å²) in [7, 11) is 0. The van der Waals surface area contributed by atoms with E-state index in [9.17, 15) is 9.59 Å². The van der Waals surface area contributed by atoms with E-state index in [1.807, 2.05) is 19.1 Å². The fraction of sp³-hybridized carbons (Fsp3) is 0.429. The van der Waals surface area contributed by atoms with Crippen molar-refractivity contribution in [2.24, 2.45) is 0 Å². The Morgan fingerprint density at radius 3 is 2.22 bits per heavy atom. The average molecular weight is 250 g/mol. The Morgan fingerprint density at radius 1 is 1.11 bits per heavy atom. The van der Waals surface area contributed by atoms with Gasteiger partial charge in [-0.15, -0.1) is 0 Å². The zero-order valence-electron chi connectivity index (χ0n) is 10.9. The SMILES string of the molecule is CC(=O)Oc1ccc(CC[C@@H](C)OC(C)=O)cc1. The zero-order chi connectivity index (χ0) is 13.5. The number of hydrogen-bond acceptors (Lipinski definition) is 4. The lowest BCUT2D eigenvalue weighted by atomic mass is 10.1. The fourth-order valence-corrected chi connectivity index (χ4v) is 1.60. The molecule has 0 N–H and O–H groups in total. The normalized spacial score (nSPS) is 11.7. The standard InChI is InChI=1S/C14H18O4/c1-10(17-11(2)15)4-5-13-6-8-14(9-7-13)18-12(3)16/h6-10H,4-5H2,1-3H3/t10-/m1/s1. The molecule has 1 atom stereocenters. The van der Waals surface area contributed by atoms with Gasteiger partial charge in [-0.05, 0) is 37.5 Å². The molecule has 98 valence electrons. The topological polar surface area (TPSA) is 52.6 Å². The summed E-state index contributed by atoms with van der Waals surface area (Å²) in [5, 5.41) is 0. The molecule has 0 aliphatic rings. The van der Waals surface area contributed by atoms with Gasteiger partial charge in [0.05, 0.1) is 6.10 Å². The Hall–Kier alpha value is -1.84. The van der Waals surface area contributed by atoms with E-state index in [0.717, 1.165) is 18.4 Å². The minimum atomic E-state index is -0.328. The molecule has 0 fully saturated rings. The summed E-state index contributed by atoms with van der Waals surface area (Å²) < 4.78 is 9.98. The molecule has 0 aliphatic carbocycles. The maximum Gasteiger partial charge on any atom is 0.308 e. The largest absolute Gasteiger partial charge is 0.463 e. The lowest BCUT2D eigenvalue weighted by molar-refractivity contribution is -0.145. The Kier molecular flexibility index (Phi) is 5.36. The summed E-state index contributed by atoms with van der Waals surface area (Å²) in [6.45, 7) is 4.65. The third-order valence-electron chi connectivity index (χ3n) is 2.39. The van der Waals surface area contributed by atoms with Crippen molar-refractivity contribution in [2.75, 3.05) is 0 Å². The Bertz CT molecular complexity index is 408. The Balaban J connectivity index is 2.43. The smallest absolute Gasteiger partial charge is 0.308 e. The van der Waals surface area contributed by atoms with Crippen LogP contribution in [0.4, 0.5) is 0 Å². The van der Waals surface area contributed by atoms with E-state index in [1.165, 1.54) is 13.8 Å². The van der Waals surface area contributed by atoms with Crippen molar-refractivity contribution < 1.29 is 19.1 Å². The van der Waals surface area contributed by atoms with Crippen LogP contribution in [-0.2, 0) is 20.7 Å². The molecule has 0 radical (unpaired) electrons. The number of esters is 2. The third-order valence-corrected chi connectivity index (χ3v) is 2.39. The molecule has 0 spiro atoms. The number of carbonyl (C=O) groups excluding carboxylic acids is 2. The number of hydrogen-bond donors (Lipinski definition) is 0. The van der Waals surface area contributed by atoms with E-state index in [1.54, 1.807) is 12.1 Å². The van der Waals surface area contributed by atoms with E-state index in [2.05, 4.69) is 0 Å². The van der Waals surface area contributed by atoms with E-state index < -0.39 is 0 Å². The first-order chi connectivity index (χ1) is 8.47. The van der Waals surface area contributed by atoms with Gasteiger partial charge >= 0.3 is 11.9 Å². The van der Waals surface area contributed by atoms with Gasteiger partial charge in [0.1, 0.15) is 5.75 Å². The van der Waals surface area contributed by atoms with Gasteiger partial charge in [0.2, 0.25) is 0 Å². The van der Waals surface area contributed by atoms with Crippen LogP contribution < -0.4 is 4.74 Å². The van der Waals surface area contributed by atoms with Crippen LogP contribution in [0.5, 0.6) is 5.75 Å². The van der Waals surface area contributed by atoms with Crippen molar-refractivity contribution in [2.45, 2.75) is 39.7 Å². The predicted octanol–water partition coefficient (Wildman–Crippen LogP) is 2.50. The van der Waals surface area contributed by atoms with Gasteiger partial charge in [0.25, 0.3) is 0 Å². The summed E-state index contributed by atoms with van der Waals surface area (Å²) in [6, 6.07) is 7.32. The van der Waals surface area contributed by atoms with Gasteiger partial charge in [-0.25, -0.2) is 0 Å². The molecule has 0 unspecified atom stereocenters. The molecule has 4 heteroatoms. The van der Waals surface area contributed by atoms with E-state index in [-0.39, 0.29) is 18.0 Å². The molecule has 0 aromatic heterocycles. The van der Waals surface area contributed by atoms with Gasteiger partial charge in [0, 0.05) is 13.8 Å². The minimum absolute atomic E-state index is 0.0874. The molecule has 0 heterocycles. The number of rotatable bonds is 5. The van der Waals surface area contributed by atoms with Crippen LogP contribution in [0.15, 0.2) is 24.3 Å². The first-order valence-electron chi connectivity index (χ1n) is 5.92. The molecular weight excluding hydrogens is 232 g/mol. The highest BCUT2D eigenvalue weighted by Gasteiger charge is 2.06. The zero-order valence-corrected chi connectivity index (χ0v) is 10.9. The number of carbonyl (C=O) groups is 2. The molecule has 1 aromatic carbocycles. The van der Waals surface area contributed by atoms with Crippen molar-refractivity contribution >= 4 is 11.9 Å². The van der Waals surface area contributed by atoms with Gasteiger partial charge in [-0.1, -0.05) is 12.1 Å². The second-order valence-electron chi connectivity index (χ2n) is 4.20. The van der Waals surface area contributed by atoms with Crippen LogP contribution in [0.3, 0.4) is 0 Å². The van der Waals surface area contributed by atoms with Crippen LogP contribution in [0.1, 0.15) is 32.8 Å². The van der Waals surface area contributed by atoms with Crippen molar-refractivity contribution in [1.82, 2.24) is 0 Å². The summed E-state index contributed by atoms with van der Waals surface area (Å²) in [5.41, 5.74) is 1.12. The summed E-state index contributed by atoms with van der Waals surface area (Å²) in [5.74, 6) is -0.0433. The van der Waals surface area contributed by atoms with E-state index in [4.69, 9.17) is 9.47 Å². The first kappa shape index (κ1) is 14.2. The molecule has 0 bridgehead atoms. The van der Waals surface area contributed by atoms with E-state index in [0.29, 0.717) is 5.75 Å². The highest BCUT2D eigenvalue weighted by molar-refractivity contribution is 5.69. The second kappa shape index (κ2) is 6.79.